The minimum absolute atomic E-state index is 0.235. The van der Waals surface area contributed by atoms with Crippen molar-refractivity contribution in [2.45, 2.75) is 11.8 Å². The second-order valence-corrected chi connectivity index (χ2v) is 5.36. The zero-order chi connectivity index (χ0) is 12.5. The summed E-state index contributed by atoms with van der Waals surface area (Å²) in [5.41, 5.74) is 6.23. The lowest BCUT2D eigenvalue weighted by Crippen LogP contribution is -2.23. The van der Waals surface area contributed by atoms with E-state index in [1.54, 1.807) is 31.2 Å². The van der Waals surface area contributed by atoms with Gasteiger partial charge < -0.3 is 5.73 Å². The van der Waals surface area contributed by atoms with Gasteiger partial charge in [0.05, 0.1) is 10.4 Å². The van der Waals surface area contributed by atoms with Gasteiger partial charge in [0.25, 0.3) is 0 Å². The maximum atomic E-state index is 11.8. The van der Waals surface area contributed by atoms with Gasteiger partial charge in [0.1, 0.15) is 5.82 Å². The Bertz CT molecular complexity index is 653. The third kappa shape index (κ3) is 2.37. The lowest BCUT2D eigenvalue weighted by atomic mass is 10.2. The highest BCUT2D eigenvalue weighted by Gasteiger charge is 2.12. The number of nitrogens with zero attached hydrogens (tertiary/aromatic N) is 1. The number of pyridine rings is 1. The molecule has 0 aliphatic rings. The van der Waals surface area contributed by atoms with Gasteiger partial charge in [-0.3, -0.25) is 0 Å². The molecular weight excluding hydrogens is 238 g/mol. The van der Waals surface area contributed by atoms with Crippen LogP contribution in [0.1, 0.15) is 6.92 Å². The number of nitrogen functional groups attached to an aromatic ring is 1. The molecule has 2 aromatic rings. The van der Waals surface area contributed by atoms with E-state index in [9.17, 15) is 8.42 Å². The van der Waals surface area contributed by atoms with Crippen molar-refractivity contribution in [3.8, 4) is 0 Å². The van der Waals surface area contributed by atoms with Gasteiger partial charge >= 0.3 is 0 Å². The number of rotatable bonds is 3. The molecular formula is C11H13N3O2S. The number of benzene rings is 1. The van der Waals surface area contributed by atoms with Crippen LogP contribution in [0.25, 0.3) is 10.9 Å². The van der Waals surface area contributed by atoms with E-state index in [1.165, 1.54) is 6.07 Å². The van der Waals surface area contributed by atoms with Gasteiger partial charge in [-0.1, -0.05) is 6.92 Å². The number of aromatic nitrogens is 1. The molecule has 6 heteroatoms. The highest BCUT2D eigenvalue weighted by atomic mass is 32.2. The summed E-state index contributed by atoms with van der Waals surface area (Å²) >= 11 is 0. The summed E-state index contributed by atoms with van der Waals surface area (Å²) in [5, 5.41) is 0.748. The number of anilines is 1. The zero-order valence-corrected chi connectivity index (χ0v) is 10.2. The van der Waals surface area contributed by atoms with Crippen molar-refractivity contribution in [2.75, 3.05) is 12.3 Å². The molecule has 0 radical (unpaired) electrons. The molecule has 1 heterocycles. The van der Waals surface area contributed by atoms with Crippen LogP contribution >= 0.6 is 0 Å². The first-order chi connectivity index (χ1) is 8.03. The van der Waals surface area contributed by atoms with Crippen LogP contribution in [0.5, 0.6) is 0 Å². The summed E-state index contributed by atoms with van der Waals surface area (Å²) < 4.78 is 26.0. The van der Waals surface area contributed by atoms with E-state index in [0.29, 0.717) is 17.9 Å². The normalized spacial score (nSPS) is 11.8. The Morgan fingerprint density at radius 3 is 2.76 bits per heavy atom. The number of sulfonamides is 1. The minimum atomic E-state index is -3.42. The Morgan fingerprint density at radius 1 is 1.29 bits per heavy atom. The zero-order valence-electron chi connectivity index (χ0n) is 9.34. The number of nitrogens with two attached hydrogens (primary N) is 1. The predicted octanol–water partition coefficient (Wildman–Crippen LogP) is 1.12. The molecule has 0 spiro atoms. The van der Waals surface area contributed by atoms with Crippen molar-refractivity contribution >= 4 is 26.7 Å². The first-order valence-electron chi connectivity index (χ1n) is 5.19. The molecule has 5 nitrogen and oxygen atoms in total. The highest BCUT2D eigenvalue weighted by molar-refractivity contribution is 7.89. The summed E-state index contributed by atoms with van der Waals surface area (Å²) in [6.45, 7) is 2.10. The Balaban J connectivity index is 2.56. The Kier molecular flexibility index (Phi) is 2.99. The molecule has 17 heavy (non-hydrogen) atoms. The lowest BCUT2D eigenvalue weighted by Gasteiger charge is -2.05. The van der Waals surface area contributed by atoms with Crippen LogP contribution in [0.2, 0.25) is 0 Å². The quantitative estimate of drug-likeness (QED) is 0.856. The number of fused-ring (bicyclic) bond motifs is 1. The van der Waals surface area contributed by atoms with Crippen LogP contribution in [-0.4, -0.2) is 19.9 Å². The maximum absolute atomic E-state index is 11.8. The van der Waals surface area contributed by atoms with Crippen molar-refractivity contribution in [2.24, 2.45) is 0 Å². The van der Waals surface area contributed by atoms with Crippen molar-refractivity contribution < 1.29 is 8.42 Å². The van der Waals surface area contributed by atoms with Crippen LogP contribution in [-0.2, 0) is 10.0 Å². The van der Waals surface area contributed by atoms with Gasteiger partial charge in [0.15, 0.2) is 0 Å². The molecule has 1 aromatic carbocycles. The van der Waals surface area contributed by atoms with E-state index in [2.05, 4.69) is 9.71 Å². The van der Waals surface area contributed by atoms with Gasteiger partial charge in [-0.05, 0) is 30.3 Å². The molecule has 2 rings (SSSR count). The molecule has 0 atom stereocenters. The van der Waals surface area contributed by atoms with E-state index >= 15 is 0 Å². The van der Waals surface area contributed by atoms with Crippen LogP contribution in [0, 0.1) is 0 Å². The van der Waals surface area contributed by atoms with Crippen LogP contribution in [0.3, 0.4) is 0 Å². The Labute approximate surface area is 99.7 Å². The Morgan fingerprint density at radius 2 is 2.06 bits per heavy atom. The first kappa shape index (κ1) is 11.8. The van der Waals surface area contributed by atoms with Crippen LogP contribution in [0.4, 0.5) is 5.82 Å². The first-order valence-corrected chi connectivity index (χ1v) is 6.67. The van der Waals surface area contributed by atoms with Crippen LogP contribution < -0.4 is 10.5 Å². The van der Waals surface area contributed by atoms with E-state index in [4.69, 9.17) is 5.73 Å². The molecule has 0 aliphatic carbocycles. The fourth-order valence-electron chi connectivity index (χ4n) is 1.56. The van der Waals surface area contributed by atoms with Crippen molar-refractivity contribution in [1.29, 1.82) is 0 Å². The third-order valence-corrected chi connectivity index (χ3v) is 3.87. The summed E-state index contributed by atoms with van der Waals surface area (Å²) in [6.07, 6.45) is 0. The summed E-state index contributed by atoms with van der Waals surface area (Å²) in [7, 11) is -3.42. The number of hydrogen-bond acceptors (Lipinski definition) is 4. The van der Waals surface area contributed by atoms with Gasteiger partial charge in [0.2, 0.25) is 10.0 Å². The van der Waals surface area contributed by atoms with Gasteiger partial charge in [0, 0.05) is 11.9 Å². The third-order valence-electron chi connectivity index (χ3n) is 2.33. The van der Waals surface area contributed by atoms with E-state index in [0.717, 1.165) is 5.39 Å². The molecule has 0 fully saturated rings. The van der Waals surface area contributed by atoms with Gasteiger partial charge in [-0.15, -0.1) is 0 Å². The average molecular weight is 251 g/mol. The van der Waals surface area contributed by atoms with Crippen molar-refractivity contribution in [3.63, 3.8) is 0 Å². The smallest absolute Gasteiger partial charge is 0.240 e. The summed E-state index contributed by atoms with van der Waals surface area (Å²) in [4.78, 5) is 4.34. The molecule has 0 unspecified atom stereocenters. The van der Waals surface area contributed by atoms with Crippen LogP contribution in [0.15, 0.2) is 35.2 Å². The minimum Gasteiger partial charge on any atom is -0.384 e. The highest BCUT2D eigenvalue weighted by Crippen LogP contribution is 2.18. The van der Waals surface area contributed by atoms with Crippen molar-refractivity contribution in [3.05, 3.63) is 30.3 Å². The molecule has 90 valence electrons. The Hall–Kier alpha value is -1.66. The lowest BCUT2D eigenvalue weighted by molar-refractivity contribution is 0.584. The molecule has 0 aliphatic heterocycles. The van der Waals surface area contributed by atoms with Gasteiger partial charge in [-0.2, -0.15) is 0 Å². The predicted molar refractivity (Wildman–Crippen MR) is 67.0 cm³/mol. The number of hydrogen-bond donors (Lipinski definition) is 2. The maximum Gasteiger partial charge on any atom is 0.240 e. The van der Waals surface area contributed by atoms with E-state index in [-0.39, 0.29) is 4.90 Å². The second-order valence-electron chi connectivity index (χ2n) is 3.59. The molecule has 0 saturated carbocycles. The monoisotopic (exact) mass is 251 g/mol. The molecule has 0 bridgehead atoms. The molecule has 0 amide bonds. The average Bonchev–Trinajstić information content (AvgIpc) is 2.28. The fourth-order valence-corrected chi connectivity index (χ4v) is 2.64. The van der Waals surface area contributed by atoms with Gasteiger partial charge in [-0.25, -0.2) is 18.1 Å². The summed E-state index contributed by atoms with van der Waals surface area (Å²) in [6, 6.07) is 8.15. The fraction of sp³-hybridized carbons (Fsp3) is 0.182. The summed E-state index contributed by atoms with van der Waals surface area (Å²) in [5.74, 6) is 0.416. The van der Waals surface area contributed by atoms with E-state index in [1.807, 2.05) is 0 Å². The number of nitrogens with one attached hydrogen (secondary N) is 1. The second kappa shape index (κ2) is 4.31. The molecule has 0 saturated heterocycles. The SMILES string of the molecule is CCNS(=O)(=O)c1ccc2nc(N)ccc2c1. The standard InChI is InChI=1S/C11H13N3O2S/c1-2-13-17(15,16)9-4-5-10-8(7-9)3-6-11(12)14-10/h3-7,13H,2H2,1H3,(H2,12,14). The largest absolute Gasteiger partial charge is 0.384 e. The van der Waals surface area contributed by atoms with Crippen molar-refractivity contribution in [1.82, 2.24) is 9.71 Å². The molecule has 1 aromatic heterocycles. The van der Waals surface area contributed by atoms with E-state index < -0.39 is 10.0 Å². The topological polar surface area (TPSA) is 85.1 Å². The molecule has 3 N–H and O–H groups in total.